The SMILES string of the molecule is Cc1cccnc1NS(=O)(=O)c1ccc2oc(=O)ccc2c1. The number of anilines is 1. The van der Waals surface area contributed by atoms with Crippen molar-refractivity contribution in [1.82, 2.24) is 4.98 Å². The van der Waals surface area contributed by atoms with Gasteiger partial charge in [-0.15, -0.1) is 0 Å². The van der Waals surface area contributed by atoms with Gasteiger partial charge in [-0.2, -0.15) is 0 Å². The van der Waals surface area contributed by atoms with Crippen LogP contribution in [0.5, 0.6) is 0 Å². The molecular formula is C15H12N2O4S. The van der Waals surface area contributed by atoms with Gasteiger partial charge >= 0.3 is 5.63 Å². The highest BCUT2D eigenvalue weighted by Crippen LogP contribution is 2.21. The fraction of sp³-hybridized carbons (Fsp3) is 0.0667. The van der Waals surface area contributed by atoms with Crippen molar-refractivity contribution < 1.29 is 12.8 Å². The first-order chi connectivity index (χ1) is 10.5. The highest BCUT2D eigenvalue weighted by atomic mass is 32.2. The summed E-state index contributed by atoms with van der Waals surface area (Å²) < 4.78 is 32.3. The Balaban J connectivity index is 2.04. The third-order valence-corrected chi connectivity index (χ3v) is 4.48. The summed E-state index contributed by atoms with van der Waals surface area (Å²) in [6.45, 7) is 1.76. The van der Waals surface area contributed by atoms with Crippen LogP contribution < -0.4 is 10.3 Å². The standard InChI is InChI=1S/C15H12N2O4S/c1-10-3-2-8-16-15(10)17-22(19,20)12-5-6-13-11(9-12)4-7-14(18)21-13/h2-9H,1H3,(H,16,17). The van der Waals surface area contributed by atoms with Gasteiger partial charge in [-0.05, 0) is 42.8 Å². The molecule has 1 aromatic carbocycles. The summed E-state index contributed by atoms with van der Waals surface area (Å²) in [6, 6.07) is 10.5. The minimum Gasteiger partial charge on any atom is -0.423 e. The third kappa shape index (κ3) is 2.71. The number of benzene rings is 1. The summed E-state index contributed by atoms with van der Waals surface area (Å²) in [5.74, 6) is 0.280. The van der Waals surface area contributed by atoms with E-state index in [1.165, 1.54) is 36.5 Å². The lowest BCUT2D eigenvalue weighted by Crippen LogP contribution is -2.14. The van der Waals surface area contributed by atoms with Crippen molar-refractivity contribution in [2.24, 2.45) is 0 Å². The number of nitrogens with one attached hydrogen (secondary N) is 1. The summed E-state index contributed by atoms with van der Waals surface area (Å²) in [6.07, 6.45) is 1.51. The second kappa shape index (κ2) is 5.27. The van der Waals surface area contributed by atoms with Crippen LogP contribution in [0.3, 0.4) is 0 Å². The van der Waals surface area contributed by atoms with Crippen LogP contribution in [0.15, 0.2) is 62.8 Å². The fourth-order valence-electron chi connectivity index (χ4n) is 2.00. The van der Waals surface area contributed by atoms with E-state index in [9.17, 15) is 13.2 Å². The van der Waals surface area contributed by atoms with Crippen LogP contribution in [0.1, 0.15) is 5.56 Å². The summed E-state index contributed by atoms with van der Waals surface area (Å²) >= 11 is 0. The molecule has 3 aromatic rings. The Morgan fingerprint density at radius 2 is 1.95 bits per heavy atom. The van der Waals surface area contributed by atoms with Crippen molar-refractivity contribution in [2.45, 2.75) is 11.8 Å². The molecule has 0 unspecified atom stereocenters. The van der Waals surface area contributed by atoms with Gasteiger partial charge in [-0.25, -0.2) is 18.2 Å². The molecule has 2 heterocycles. The number of aryl methyl sites for hydroxylation is 1. The van der Waals surface area contributed by atoms with Gasteiger partial charge in [0.1, 0.15) is 11.4 Å². The van der Waals surface area contributed by atoms with E-state index in [4.69, 9.17) is 4.42 Å². The lowest BCUT2D eigenvalue weighted by atomic mass is 10.2. The third-order valence-electron chi connectivity index (χ3n) is 3.14. The van der Waals surface area contributed by atoms with Gasteiger partial charge in [0.2, 0.25) is 0 Å². The van der Waals surface area contributed by atoms with Crippen LogP contribution in [0.2, 0.25) is 0 Å². The van der Waals surface area contributed by atoms with Gasteiger partial charge in [-0.3, -0.25) is 4.72 Å². The van der Waals surface area contributed by atoms with Crippen molar-refractivity contribution in [3.63, 3.8) is 0 Å². The van der Waals surface area contributed by atoms with Gasteiger partial charge in [0.25, 0.3) is 10.0 Å². The van der Waals surface area contributed by atoms with Crippen LogP contribution in [0, 0.1) is 6.92 Å². The van der Waals surface area contributed by atoms with Crippen molar-refractivity contribution in [3.8, 4) is 0 Å². The van der Waals surface area contributed by atoms with Gasteiger partial charge in [0.05, 0.1) is 4.90 Å². The van der Waals surface area contributed by atoms with Crippen LogP contribution in [0.4, 0.5) is 5.82 Å². The van der Waals surface area contributed by atoms with Gasteiger partial charge in [-0.1, -0.05) is 6.07 Å². The van der Waals surface area contributed by atoms with E-state index in [0.717, 1.165) is 5.56 Å². The zero-order chi connectivity index (χ0) is 15.7. The van der Waals surface area contributed by atoms with Crippen LogP contribution in [0.25, 0.3) is 11.0 Å². The van der Waals surface area contributed by atoms with E-state index in [2.05, 4.69) is 9.71 Å². The Morgan fingerprint density at radius 3 is 2.73 bits per heavy atom. The molecule has 1 N–H and O–H groups in total. The number of fused-ring (bicyclic) bond motifs is 1. The van der Waals surface area contributed by atoms with Crippen LogP contribution in [-0.2, 0) is 10.0 Å². The molecular weight excluding hydrogens is 304 g/mol. The molecule has 0 bridgehead atoms. The van der Waals surface area contributed by atoms with Gasteiger partial charge < -0.3 is 4.42 Å². The number of aromatic nitrogens is 1. The van der Waals surface area contributed by atoms with Crippen molar-refractivity contribution >= 4 is 26.8 Å². The minimum atomic E-state index is -3.77. The number of rotatable bonds is 3. The van der Waals surface area contributed by atoms with Crippen LogP contribution in [-0.4, -0.2) is 13.4 Å². The van der Waals surface area contributed by atoms with Crippen molar-refractivity contribution in [3.05, 3.63) is 64.6 Å². The molecule has 2 aromatic heterocycles. The zero-order valence-electron chi connectivity index (χ0n) is 11.6. The zero-order valence-corrected chi connectivity index (χ0v) is 12.4. The largest absolute Gasteiger partial charge is 0.423 e. The maximum absolute atomic E-state index is 12.4. The molecule has 112 valence electrons. The van der Waals surface area contributed by atoms with E-state index in [0.29, 0.717) is 11.0 Å². The summed E-state index contributed by atoms with van der Waals surface area (Å²) in [5, 5.41) is 0.528. The molecule has 22 heavy (non-hydrogen) atoms. The highest BCUT2D eigenvalue weighted by molar-refractivity contribution is 7.92. The molecule has 0 saturated heterocycles. The molecule has 3 rings (SSSR count). The lowest BCUT2D eigenvalue weighted by Gasteiger charge is -2.09. The molecule has 0 atom stereocenters. The molecule has 0 saturated carbocycles. The van der Waals surface area contributed by atoms with E-state index < -0.39 is 15.6 Å². The molecule has 0 fully saturated rings. The molecule has 7 heteroatoms. The molecule has 6 nitrogen and oxygen atoms in total. The quantitative estimate of drug-likeness (QED) is 0.749. The first kappa shape index (κ1) is 14.3. The first-order valence-corrected chi connectivity index (χ1v) is 7.92. The van der Waals surface area contributed by atoms with E-state index in [-0.39, 0.29) is 10.7 Å². The maximum atomic E-state index is 12.4. The first-order valence-electron chi connectivity index (χ1n) is 6.44. The number of sulfonamides is 1. The molecule has 0 aliphatic heterocycles. The second-order valence-corrected chi connectivity index (χ2v) is 6.41. The number of pyridine rings is 1. The Morgan fingerprint density at radius 1 is 1.14 bits per heavy atom. The number of hydrogen-bond acceptors (Lipinski definition) is 5. The predicted octanol–water partition coefficient (Wildman–Crippen LogP) is 2.30. The smallest absolute Gasteiger partial charge is 0.336 e. The Kier molecular flexibility index (Phi) is 3.42. The normalized spacial score (nSPS) is 11.5. The average Bonchev–Trinajstić information content (AvgIpc) is 2.49. The molecule has 0 spiro atoms. The molecule has 0 aliphatic rings. The molecule has 0 aliphatic carbocycles. The summed E-state index contributed by atoms with van der Waals surface area (Å²) in [5.41, 5.74) is 0.573. The topological polar surface area (TPSA) is 89.3 Å². The van der Waals surface area contributed by atoms with E-state index in [1.54, 1.807) is 19.1 Å². The van der Waals surface area contributed by atoms with Crippen LogP contribution >= 0.6 is 0 Å². The number of hydrogen-bond donors (Lipinski definition) is 1. The maximum Gasteiger partial charge on any atom is 0.336 e. The van der Waals surface area contributed by atoms with E-state index in [1.807, 2.05) is 0 Å². The van der Waals surface area contributed by atoms with Gasteiger partial charge in [0.15, 0.2) is 0 Å². The molecule has 0 amide bonds. The molecule has 0 radical (unpaired) electrons. The Bertz CT molecular complexity index is 1010. The average molecular weight is 316 g/mol. The minimum absolute atomic E-state index is 0.0684. The monoisotopic (exact) mass is 316 g/mol. The van der Waals surface area contributed by atoms with Crippen molar-refractivity contribution in [1.29, 1.82) is 0 Å². The lowest BCUT2D eigenvalue weighted by molar-refractivity contribution is 0.560. The number of nitrogens with zero attached hydrogens (tertiary/aromatic N) is 1. The van der Waals surface area contributed by atoms with Gasteiger partial charge in [0, 0.05) is 17.6 Å². The van der Waals surface area contributed by atoms with E-state index >= 15 is 0 Å². The Hall–Kier alpha value is -2.67. The van der Waals surface area contributed by atoms with Crippen molar-refractivity contribution in [2.75, 3.05) is 4.72 Å². The summed E-state index contributed by atoms with van der Waals surface area (Å²) in [4.78, 5) is 15.2. The summed E-state index contributed by atoms with van der Waals surface area (Å²) in [7, 11) is -3.77. The second-order valence-electron chi connectivity index (χ2n) is 4.73. The Labute approximate surface area is 126 Å². The predicted molar refractivity (Wildman–Crippen MR) is 82.3 cm³/mol. The highest BCUT2D eigenvalue weighted by Gasteiger charge is 2.16. The fourth-order valence-corrected chi connectivity index (χ4v) is 3.11.